The minimum Gasteiger partial charge on any atom is -0.203 e. The van der Waals surface area contributed by atoms with Crippen molar-refractivity contribution in [3.8, 4) is 0 Å². The van der Waals surface area contributed by atoms with Gasteiger partial charge in [-0.1, -0.05) is 27.7 Å². The zero-order valence-electron chi connectivity index (χ0n) is 10.5. The zero-order chi connectivity index (χ0) is 10.9. The molecule has 0 bridgehead atoms. The van der Waals surface area contributed by atoms with E-state index < -0.39 is 0 Å². The first kappa shape index (κ1) is 13.9. The fourth-order valence-electron chi connectivity index (χ4n) is 2.04. The fraction of sp³-hybridized carbons (Fsp3) is 1.00. The van der Waals surface area contributed by atoms with E-state index in [4.69, 9.17) is 4.84 Å². The van der Waals surface area contributed by atoms with Gasteiger partial charge in [0, 0.05) is 0 Å². The number of hydroxylamine groups is 3. The molecule has 0 spiro atoms. The molecule has 0 fully saturated rings. The lowest BCUT2D eigenvalue weighted by Gasteiger charge is -2.35. The van der Waals surface area contributed by atoms with E-state index in [0.29, 0.717) is 0 Å². The summed E-state index contributed by atoms with van der Waals surface area (Å²) < 4.78 is 0.886. The molecule has 0 saturated carbocycles. The van der Waals surface area contributed by atoms with Crippen LogP contribution in [0.25, 0.3) is 0 Å². The van der Waals surface area contributed by atoms with Crippen molar-refractivity contribution in [3.05, 3.63) is 0 Å². The molecular weight excluding hydrogens is 174 g/mol. The fourth-order valence-corrected chi connectivity index (χ4v) is 2.04. The summed E-state index contributed by atoms with van der Waals surface area (Å²) in [6.45, 7) is 13.3. The molecule has 0 aliphatic heterocycles. The van der Waals surface area contributed by atoms with Crippen LogP contribution in [0.3, 0.4) is 0 Å². The van der Waals surface area contributed by atoms with Crippen LogP contribution >= 0.6 is 0 Å². The smallest absolute Gasteiger partial charge is 0.109 e. The number of nitrogens with zero attached hydrogens (tertiary/aromatic N) is 1. The summed E-state index contributed by atoms with van der Waals surface area (Å²) in [5.41, 5.74) is 0. The molecule has 0 aromatic carbocycles. The van der Waals surface area contributed by atoms with Gasteiger partial charge in [0.25, 0.3) is 0 Å². The van der Waals surface area contributed by atoms with Crippen LogP contribution in [0.1, 0.15) is 53.4 Å². The maximum absolute atomic E-state index is 6.04. The third-order valence-corrected chi connectivity index (χ3v) is 2.46. The molecule has 0 rings (SSSR count). The van der Waals surface area contributed by atoms with Gasteiger partial charge < -0.3 is 0 Å². The quantitative estimate of drug-likeness (QED) is 0.411. The summed E-state index contributed by atoms with van der Waals surface area (Å²) in [5.74, 6) is 0. The predicted octanol–water partition coefficient (Wildman–Crippen LogP) is 3.37. The third-order valence-electron chi connectivity index (χ3n) is 2.46. The third kappa shape index (κ3) is 4.97. The van der Waals surface area contributed by atoms with Crippen LogP contribution in [-0.4, -0.2) is 30.9 Å². The lowest BCUT2D eigenvalue weighted by Crippen LogP contribution is -2.49. The first-order chi connectivity index (χ1) is 6.74. The van der Waals surface area contributed by atoms with Crippen molar-refractivity contribution in [1.29, 1.82) is 0 Å². The van der Waals surface area contributed by atoms with Crippen molar-refractivity contribution in [1.82, 2.24) is 0 Å². The van der Waals surface area contributed by atoms with Crippen LogP contribution in [0.4, 0.5) is 0 Å². The summed E-state index contributed by atoms with van der Waals surface area (Å²) in [4.78, 5) is 6.04. The molecule has 0 N–H and O–H groups in total. The van der Waals surface area contributed by atoms with Gasteiger partial charge in [-0.25, -0.2) is 4.84 Å². The molecule has 2 nitrogen and oxygen atoms in total. The zero-order valence-corrected chi connectivity index (χ0v) is 10.5. The van der Waals surface area contributed by atoms with Crippen LogP contribution in [0.5, 0.6) is 0 Å². The molecule has 0 aliphatic carbocycles. The lowest BCUT2D eigenvalue weighted by atomic mass is 10.3. The lowest BCUT2D eigenvalue weighted by molar-refractivity contribution is -1.11. The Kier molecular flexibility index (Phi) is 8.20. The normalized spacial score (nSPS) is 12.0. The van der Waals surface area contributed by atoms with E-state index in [1.54, 1.807) is 0 Å². The molecule has 0 aromatic rings. The van der Waals surface area contributed by atoms with E-state index in [-0.39, 0.29) is 0 Å². The first-order valence-corrected chi connectivity index (χ1v) is 6.25. The van der Waals surface area contributed by atoms with E-state index >= 15 is 0 Å². The van der Waals surface area contributed by atoms with Gasteiger partial charge in [0.2, 0.25) is 0 Å². The standard InChI is InChI=1S/C12H28NO/c1-5-9-13(10-6-2,11-7-3)14-12-8-4/h5-12H2,1-4H3/q+1. The summed E-state index contributed by atoms with van der Waals surface area (Å²) in [6, 6.07) is 0. The van der Waals surface area contributed by atoms with E-state index in [2.05, 4.69) is 27.7 Å². The van der Waals surface area contributed by atoms with E-state index in [0.717, 1.165) is 17.7 Å². The van der Waals surface area contributed by atoms with Crippen molar-refractivity contribution < 1.29 is 9.48 Å². The van der Waals surface area contributed by atoms with Crippen molar-refractivity contribution >= 4 is 0 Å². The Morgan fingerprint density at radius 1 is 0.714 bits per heavy atom. The van der Waals surface area contributed by atoms with Gasteiger partial charge in [0.05, 0.1) is 0 Å². The maximum Gasteiger partial charge on any atom is 0.109 e. The summed E-state index contributed by atoms with van der Waals surface area (Å²) in [6.07, 6.45) is 4.76. The number of rotatable bonds is 9. The first-order valence-electron chi connectivity index (χ1n) is 6.25. The molecule has 0 heterocycles. The topological polar surface area (TPSA) is 9.23 Å². The largest absolute Gasteiger partial charge is 0.203 e. The molecular formula is C12H28NO+. The molecule has 0 saturated heterocycles. The molecule has 0 aliphatic rings. The van der Waals surface area contributed by atoms with Crippen LogP contribution in [0.2, 0.25) is 0 Å². The molecule has 14 heavy (non-hydrogen) atoms. The van der Waals surface area contributed by atoms with Gasteiger partial charge in [-0.2, -0.15) is 4.65 Å². The van der Waals surface area contributed by atoms with Gasteiger partial charge in [0.1, 0.15) is 26.2 Å². The van der Waals surface area contributed by atoms with Crippen LogP contribution in [-0.2, 0) is 4.84 Å². The Morgan fingerprint density at radius 2 is 1.14 bits per heavy atom. The monoisotopic (exact) mass is 202 g/mol. The number of hydrogen-bond acceptors (Lipinski definition) is 1. The van der Waals surface area contributed by atoms with E-state index in [1.807, 2.05) is 0 Å². The van der Waals surface area contributed by atoms with E-state index in [9.17, 15) is 0 Å². The van der Waals surface area contributed by atoms with Crippen molar-refractivity contribution in [3.63, 3.8) is 0 Å². The summed E-state index contributed by atoms with van der Waals surface area (Å²) in [5, 5.41) is 0. The number of quaternary nitrogens is 1. The number of hydrogen-bond donors (Lipinski definition) is 0. The van der Waals surface area contributed by atoms with Crippen LogP contribution < -0.4 is 0 Å². The SMILES string of the molecule is CCCO[N+](CCC)(CCC)CCC. The second-order valence-electron chi connectivity index (χ2n) is 4.06. The molecule has 86 valence electrons. The predicted molar refractivity (Wildman–Crippen MR) is 62.0 cm³/mol. The Bertz CT molecular complexity index is 108. The minimum absolute atomic E-state index is 0.886. The molecule has 0 aromatic heterocycles. The van der Waals surface area contributed by atoms with Gasteiger partial charge >= 0.3 is 0 Å². The Morgan fingerprint density at radius 3 is 1.43 bits per heavy atom. The second kappa shape index (κ2) is 8.25. The Labute approximate surface area is 89.8 Å². The second-order valence-corrected chi connectivity index (χ2v) is 4.06. The van der Waals surface area contributed by atoms with Gasteiger partial charge in [-0.15, -0.1) is 0 Å². The van der Waals surface area contributed by atoms with Gasteiger partial charge in [-0.3, -0.25) is 0 Å². The highest BCUT2D eigenvalue weighted by Crippen LogP contribution is 2.13. The van der Waals surface area contributed by atoms with Gasteiger partial charge in [0.15, 0.2) is 0 Å². The summed E-state index contributed by atoms with van der Waals surface area (Å²) >= 11 is 0. The average Bonchev–Trinajstić information content (AvgIpc) is 2.16. The van der Waals surface area contributed by atoms with Crippen molar-refractivity contribution in [2.24, 2.45) is 0 Å². The molecule has 0 unspecified atom stereocenters. The van der Waals surface area contributed by atoms with Gasteiger partial charge in [-0.05, 0) is 25.7 Å². The highest BCUT2D eigenvalue weighted by Gasteiger charge is 2.26. The summed E-state index contributed by atoms with van der Waals surface area (Å²) in [7, 11) is 0. The van der Waals surface area contributed by atoms with E-state index in [1.165, 1.54) is 38.9 Å². The van der Waals surface area contributed by atoms with Crippen LogP contribution in [0.15, 0.2) is 0 Å². The van der Waals surface area contributed by atoms with Crippen molar-refractivity contribution in [2.75, 3.05) is 26.2 Å². The van der Waals surface area contributed by atoms with Crippen molar-refractivity contribution in [2.45, 2.75) is 53.4 Å². The highest BCUT2D eigenvalue weighted by atomic mass is 16.7. The molecule has 0 atom stereocenters. The molecule has 0 radical (unpaired) electrons. The Hall–Kier alpha value is -0.0800. The van der Waals surface area contributed by atoms with Crippen LogP contribution in [0, 0.1) is 0 Å². The minimum atomic E-state index is 0.886. The molecule has 0 amide bonds. The average molecular weight is 202 g/mol. The highest BCUT2D eigenvalue weighted by molar-refractivity contribution is 4.36. The Balaban J connectivity index is 4.21. The molecule has 2 heteroatoms. The maximum atomic E-state index is 6.04.